The van der Waals surface area contributed by atoms with E-state index in [0.29, 0.717) is 11.7 Å². The number of anilines is 1. The third kappa shape index (κ3) is 0.915. The predicted molar refractivity (Wildman–Crippen MR) is 49.4 cm³/mol. The van der Waals surface area contributed by atoms with Crippen LogP contribution in [-0.4, -0.2) is 14.6 Å². The lowest BCUT2D eigenvalue weighted by Gasteiger charge is -1.99. The van der Waals surface area contributed by atoms with Crippen molar-refractivity contribution in [1.82, 2.24) is 14.6 Å². The molecule has 1 aliphatic rings. The van der Waals surface area contributed by atoms with Gasteiger partial charge in [-0.05, 0) is 25.0 Å². The number of nitrogens with two attached hydrogens (primary N) is 1. The van der Waals surface area contributed by atoms with E-state index in [1.807, 2.05) is 10.6 Å². The van der Waals surface area contributed by atoms with E-state index in [4.69, 9.17) is 5.73 Å². The molecule has 2 aromatic rings. The molecule has 2 aromatic heterocycles. The van der Waals surface area contributed by atoms with Crippen LogP contribution >= 0.6 is 0 Å². The molecule has 4 heteroatoms. The molecule has 3 rings (SSSR count). The van der Waals surface area contributed by atoms with Crippen molar-refractivity contribution < 1.29 is 0 Å². The number of hydrogen-bond acceptors (Lipinski definition) is 3. The first-order valence-corrected chi connectivity index (χ1v) is 4.44. The average Bonchev–Trinajstić information content (AvgIpc) is 2.87. The van der Waals surface area contributed by atoms with E-state index in [0.717, 1.165) is 5.52 Å². The fourth-order valence-corrected chi connectivity index (χ4v) is 1.66. The van der Waals surface area contributed by atoms with Crippen molar-refractivity contribution in [3.05, 3.63) is 24.2 Å². The molecule has 66 valence electrons. The molecule has 1 fully saturated rings. The summed E-state index contributed by atoms with van der Waals surface area (Å²) in [6.07, 6.45) is 4.06. The highest BCUT2D eigenvalue weighted by atomic mass is 15.3. The van der Waals surface area contributed by atoms with Gasteiger partial charge in [-0.25, -0.2) is 9.50 Å². The van der Waals surface area contributed by atoms with Gasteiger partial charge in [-0.15, -0.1) is 0 Å². The Kier molecular flexibility index (Phi) is 1.17. The van der Waals surface area contributed by atoms with Crippen molar-refractivity contribution in [2.75, 3.05) is 5.73 Å². The summed E-state index contributed by atoms with van der Waals surface area (Å²) in [5, 5.41) is 4.19. The van der Waals surface area contributed by atoms with Crippen LogP contribution in [0.5, 0.6) is 0 Å². The Morgan fingerprint density at radius 1 is 1.38 bits per heavy atom. The molecular formula is C9H10N4. The van der Waals surface area contributed by atoms with Gasteiger partial charge in [-0.3, -0.25) is 0 Å². The molecule has 0 aliphatic heterocycles. The topological polar surface area (TPSA) is 56.2 Å². The van der Waals surface area contributed by atoms with Crippen LogP contribution in [-0.2, 0) is 0 Å². The maximum absolute atomic E-state index is 5.72. The van der Waals surface area contributed by atoms with Gasteiger partial charge in [0.15, 0.2) is 5.82 Å². The zero-order valence-corrected chi connectivity index (χ0v) is 7.14. The van der Waals surface area contributed by atoms with Crippen LogP contribution < -0.4 is 5.73 Å². The predicted octanol–water partition coefficient (Wildman–Crippen LogP) is 1.19. The molecule has 1 saturated carbocycles. The van der Waals surface area contributed by atoms with E-state index in [9.17, 15) is 0 Å². The standard InChI is InChI=1S/C9H10N4/c10-9-8-4-3-7(6-1-2-6)13(8)12-5-11-9/h3-6H,1-2H2,(H2,10,11,12). The number of aromatic nitrogens is 3. The Hall–Kier alpha value is -1.58. The van der Waals surface area contributed by atoms with Crippen molar-refractivity contribution in [1.29, 1.82) is 0 Å². The molecular weight excluding hydrogens is 164 g/mol. The van der Waals surface area contributed by atoms with Gasteiger partial charge in [0, 0.05) is 11.6 Å². The number of hydrogen-bond donors (Lipinski definition) is 1. The van der Waals surface area contributed by atoms with Gasteiger partial charge in [-0.2, -0.15) is 5.10 Å². The van der Waals surface area contributed by atoms with Gasteiger partial charge in [0.1, 0.15) is 11.8 Å². The minimum atomic E-state index is 0.557. The SMILES string of the molecule is Nc1ncnn2c(C3CC3)ccc12. The summed E-state index contributed by atoms with van der Waals surface area (Å²) in [5.41, 5.74) is 7.91. The van der Waals surface area contributed by atoms with Crippen LogP contribution in [0.25, 0.3) is 5.52 Å². The lowest BCUT2D eigenvalue weighted by Crippen LogP contribution is -2.00. The highest BCUT2D eigenvalue weighted by molar-refractivity contribution is 5.65. The van der Waals surface area contributed by atoms with Crippen LogP contribution in [0.2, 0.25) is 0 Å². The molecule has 2 heterocycles. The normalized spacial score (nSPS) is 16.6. The summed E-state index contributed by atoms with van der Waals surface area (Å²) in [5.74, 6) is 1.25. The van der Waals surface area contributed by atoms with Gasteiger partial charge in [-0.1, -0.05) is 0 Å². The number of nitrogens with zero attached hydrogens (tertiary/aromatic N) is 3. The van der Waals surface area contributed by atoms with Crippen LogP contribution in [0.3, 0.4) is 0 Å². The van der Waals surface area contributed by atoms with Gasteiger partial charge < -0.3 is 5.73 Å². The molecule has 0 atom stereocenters. The fraction of sp³-hybridized carbons (Fsp3) is 0.333. The second-order valence-corrected chi connectivity index (χ2v) is 3.47. The third-order valence-corrected chi connectivity index (χ3v) is 2.51. The van der Waals surface area contributed by atoms with Crippen LogP contribution in [0.1, 0.15) is 24.5 Å². The molecule has 0 radical (unpaired) electrons. The summed E-state index contributed by atoms with van der Waals surface area (Å²) >= 11 is 0. The zero-order chi connectivity index (χ0) is 8.84. The lowest BCUT2D eigenvalue weighted by molar-refractivity contribution is 0.835. The van der Waals surface area contributed by atoms with E-state index in [-0.39, 0.29) is 0 Å². The van der Waals surface area contributed by atoms with Gasteiger partial charge in [0.2, 0.25) is 0 Å². The molecule has 1 aliphatic carbocycles. The van der Waals surface area contributed by atoms with Gasteiger partial charge >= 0.3 is 0 Å². The van der Waals surface area contributed by atoms with Crippen molar-refractivity contribution >= 4 is 11.3 Å². The van der Waals surface area contributed by atoms with E-state index >= 15 is 0 Å². The Balaban J connectivity index is 2.32. The largest absolute Gasteiger partial charge is 0.382 e. The van der Waals surface area contributed by atoms with Crippen molar-refractivity contribution in [3.8, 4) is 0 Å². The molecule has 2 N–H and O–H groups in total. The van der Waals surface area contributed by atoms with Crippen LogP contribution in [0.4, 0.5) is 5.82 Å². The van der Waals surface area contributed by atoms with E-state index in [1.165, 1.54) is 24.9 Å². The average molecular weight is 174 g/mol. The molecule has 0 spiro atoms. The quantitative estimate of drug-likeness (QED) is 0.706. The molecule has 13 heavy (non-hydrogen) atoms. The fourth-order valence-electron chi connectivity index (χ4n) is 1.66. The van der Waals surface area contributed by atoms with Crippen molar-refractivity contribution in [3.63, 3.8) is 0 Å². The number of fused-ring (bicyclic) bond motifs is 1. The van der Waals surface area contributed by atoms with Crippen molar-refractivity contribution in [2.45, 2.75) is 18.8 Å². The minimum absolute atomic E-state index is 0.557. The maximum Gasteiger partial charge on any atom is 0.151 e. The Morgan fingerprint density at radius 2 is 2.23 bits per heavy atom. The van der Waals surface area contributed by atoms with Crippen LogP contribution in [0.15, 0.2) is 18.5 Å². The third-order valence-electron chi connectivity index (χ3n) is 2.51. The molecule has 0 bridgehead atoms. The highest BCUT2D eigenvalue weighted by Gasteiger charge is 2.26. The second-order valence-electron chi connectivity index (χ2n) is 3.47. The molecule has 0 amide bonds. The van der Waals surface area contributed by atoms with E-state index in [2.05, 4.69) is 16.1 Å². The smallest absolute Gasteiger partial charge is 0.151 e. The summed E-state index contributed by atoms with van der Waals surface area (Å²) < 4.78 is 1.90. The maximum atomic E-state index is 5.72. The zero-order valence-electron chi connectivity index (χ0n) is 7.14. The highest BCUT2D eigenvalue weighted by Crippen LogP contribution is 2.40. The number of nitrogen functional groups attached to an aromatic ring is 1. The Labute approximate surface area is 75.4 Å². The summed E-state index contributed by atoms with van der Waals surface area (Å²) in [6.45, 7) is 0. The second kappa shape index (κ2) is 2.22. The summed E-state index contributed by atoms with van der Waals surface area (Å²) in [6, 6.07) is 4.08. The molecule has 0 unspecified atom stereocenters. The van der Waals surface area contributed by atoms with Crippen LogP contribution in [0, 0.1) is 0 Å². The van der Waals surface area contributed by atoms with Crippen molar-refractivity contribution in [2.24, 2.45) is 0 Å². The molecule has 4 nitrogen and oxygen atoms in total. The number of rotatable bonds is 1. The molecule has 0 saturated heterocycles. The monoisotopic (exact) mass is 174 g/mol. The van der Waals surface area contributed by atoms with Gasteiger partial charge in [0.05, 0.1) is 0 Å². The summed E-state index contributed by atoms with van der Waals surface area (Å²) in [7, 11) is 0. The van der Waals surface area contributed by atoms with Gasteiger partial charge in [0.25, 0.3) is 0 Å². The first kappa shape index (κ1) is 6.88. The first-order chi connectivity index (χ1) is 6.36. The minimum Gasteiger partial charge on any atom is -0.382 e. The summed E-state index contributed by atoms with van der Waals surface area (Å²) in [4.78, 5) is 3.95. The van der Waals surface area contributed by atoms with E-state index in [1.54, 1.807) is 0 Å². The van der Waals surface area contributed by atoms with E-state index < -0.39 is 0 Å². The molecule has 0 aromatic carbocycles. The Bertz CT molecular complexity index is 456. The Morgan fingerprint density at radius 3 is 3.00 bits per heavy atom. The first-order valence-electron chi connectivity index (χ1n) is 4.44. The lowest BCUT2D eigenvalue weighted by atomic mass is 10.3.